The Morgan fingerprint density at radius 3 is 2.54 bits per heavy atom. The lowest BCUT2D eigenvalue weighted by Crippen LogP contribution is -2.41. The van der Waals surface area contributed by atoms with Gasteiger partial charge in [0, 0.05) is 17.1 Å². The highest BCUT2D eigenvalue weighted by Crippen LogP contribution is 2.41. The third-order valence-electron chi connectivity index (χ3n) is 4.45. The minimum absolute atomic E-state index is 0.0577. The minimum atomic E-state index is -0.721. The first-order valence-electron chi connectivity index (χ1n) is 7.88. The number of carbonyl (C=O) groups is 2. The fourth-order valence-electron chi connectivity index (χ4n) is 3.16. The van der Waals surface area contributed by atoms with Crippen molar-refractivity contribution in [3.8, 4) is 11.5 Å². The van der Waals surface area contributed by atoms with E-state index >= 15 is 0 Å². The van der Waals surface area contributed by atoms with Gasteiger partial charge < -0.3 is 10.2 Å². The van der Waals surface area contributed by atoms with Gasteiger partial charge in [0.1, 0.15) is 17.1 Å². The van der Waals surface area contributed by atoms with E-state index in [-0.39, 0.29) is 46.5 Å². The molecule has 2 N–H and O–H groups in total. The summed E-state index contributed by atoms with van der Waals surface area (Å²) in [6.45, 7) is -0.0577. The van der Waals surface area contributed by atoms with E-state index in [9.17, 15) is 24.2 Å². The zero-order chi connectivity index (χ0) is 18.4. The number of hydrogen-bond acceptors (Lipinski definition) is 5. The zero-order valence-corrected chi connectivity index (χ0v) is 13.4. The molecule has 2 heterocycles. The molecule has 130 valence electrons. The number of pyridine rings is 1. The van der Waals surface area contributed by atoms with Crippen molar-refractivity contribution in [3.63, 3.8) is 0 Å². The van der Waals surface area contributed by atoms with Gasteiger partial charge in [0.05, 0.1) is 18.5 Å². The van der Waals surface area contributed by atoms with E-state index in [4.69, 9.17) is 0 Å². The van der Waals surface area contributed by atoms with Crippen molar-refractivity contribution >= 4 is 22.7 Å². The van der Waals surface area contributed by atoms with Gasteiger partial charge in [-0.1, -0.05) is 12.1 Å². The van der Waals surface area contributed by atoms with Crippen LogP contribution < -0.4 is 0 Å². The van der Waals surface area contributed by atoms with Crippen LogP contribution in [0.25, 0.3) is 10.9 Å². The predicted molar refractivity (Wildman–Crippen MR) is 90.1 cm³/mol. The van der Waals surface area contributed by atoms with Crippen LogP contribution in [0.3, 0.4) is 0 Å². The molecule has 0 bridgehead atoms. The standard InChI is InChI=1S/C19H13FN2O4/c20-11-5-3-10(4-6-11)9-22-14(23)8-13-15(19(22)26)18(25)16-12(17(13)24)2-1-7-21-16/h1-7,24-25H,8-9H2. The zero-order valence-electron chi connectivity index (χ0n) is 13.4. The molecule has 0 unspecified atom stereocenters. The SMILES string of the molecule is O=C1Cc2c(c(O)c3ncccc3c2O)C(=O)N1Cc1ccc(F)cc1. The first-order valence-corrected chi connectivity index (χ1v) is 7.88. The topological polar surface area (TPSA) is 90.7 Å². The number of rotatable bonds is 2. The number of aromatic nitrogens is 1. The second-order valence-electron chi connectivity index (χ2n) is 6.04. The van der Waals surface area contributed by atoms with Gasteiger partial charge in [-0.15, -0.1) is 0 Å². The quantitative estimate of drug-likeness (QED) is 0.546. The summed E-state index contributed by atoms with van der Waals surface area (Å²) in [5.74, 6) is -2.25. The molecule has 1 aliphatic rings. The lowest BCUT2D eigenvalue weighted by molar-refractivity contribution is -0.128. The van der Waals surface area contributed by atoms with Gasteiger partial charge in [0.15, 0.2) is 5.75 Å². The number of benzene rings is 2. The van der Waals surface area contributed by atoms with Gasteiger partial charge in [-0.25, -0.2) is 4.39 Å². The normalized spacial score (nSPS) is 14.0. The van der Waals surface area contributed by atoms with Crippen LogP contribution in [-0.2, 0) is 17.8 Å². The van der Waals surface area contributed by atoms with Crippen LogP contribution in [0.5, 0.6) is 11.5 Å². The Morgan fingerprint density at radius 2 is 1.81 bits per heavy atom. The molecule has 3 aromatic rings. The van der Waals surface area contributed by atoms with E-state index < -0.39 is 17.6 Å². The molecule has 26 heavy (non-hydrogen) atoms. The van der Waals surface area contributed by atoms with Crippen molar-refractivity contribution < 1.29 is 24.2 Å². The van der Waals surface area contributed by atoms with Gasteiger partial charge in [-0.2, -0.15) is 0 Å². The number of aromatic hydroxyl groups is 2. The Kier molecular flexibility index (Phi) is 3.57. The molecule has 0 spiro atoms. The molecule has 4 rings (SSSR count). The van der Waals surface area contributed by atoms with Crippen LogP contribution in [0.2, 0.25) is 0 Å². The molecule has 6 nitrogen and oxygen atoms in total. The second-order valence-corrected chi connectivity index (χ2v) is 6.04. The summed E-state index contributed by atoms with van der Waals surface area (Å²) in [5.41, 5.74) is 0.621. The van der Waals surface area contributed by atoms with Gasteiger partial charge in [0.25, 0.3) is 5.91 Å². The highest BCUT2D eigenvalue weighted by molar-refractivity contribution is 6.15. The van der Waals surface area contributed by atoms with E-state index in [1.807, 2.05) is 0 Å². The average Bonchev–Trinajstić information content (AvgIpc) is 2.64. The number of halogens is 1. The van der Waals surface area contributed by atoms with Gasteiger partial charge >= 0.3 is 0 Å². The van der Waals surface area contributed by atoms with Crippen molar-refractivity contribution in [1.29, 1.82) is 0 Å². The average molecular weight is 352 g/mol. The Balaban J connectivity index is 1.82. The number of carbonyl (C=O) groups excluding carboxylic acids is 2. The van der Waals surface area contributed by atoms with Crippen molar-refractivity contribution in [1.82, 2.24) is 9.88 Å². The predicted octanol–water partition coefficient (Wildman–Crippen LogP) is 2.51. The highest BCUT2D eigenvalue weighted by Gasteiger charge is 2.36. The molecular weight excluding hydrogens is 339 g/mol. The highest BCUT2D eigenvalue weighted by atomic mass is 19.1. The molecule has 0 atom stereocenters. The first kappa shape index (κ1) is 16.0. The Labute approximate surface area is 147 Å². The van der Waals surface area contributed by atoms with Crippen LogP contribution >= 0.6 is 0 Å². The van der Waals surface area contributed by atoms with Crippen LogP contribution in [0, 0.1) is 5.82 Å². The molecule has 1 aromatic heterocycles. The van der Waals surface area contributed by atoms with E-state index in [2.05, 4.69) is 4.98 Å². The maximum absolute atomic E-state index is 13.0. The molecule has 0 fully saturated rings. The summed E-state index contributed by atoms with van der Waals surface area (Å²) in [5, 5.41) is 21.2. The van der Waals surface area contributed by atoms with Crippen molar-refractivity contribution in [2.45, 2.75) is 13.0 Å². The van der Waals surface area contributed by atoms with Crippen LogP contribution in [0.4, 0.5) is 4.39 Å². The molecule has 2 aromatic carbocycles. The van der Waals surface area contributed by atoms with Crippen molar-refractivity contribution in [2.75, 3.05) is 0 Å². The van der Waals surface area contributed by atoms with Crippen molar-refractivity contribution in [2.24, 2.45) is 0 Å². The number of fused-ring (bicyclic) bond motifs is 2. The molecule has 1 aliphatic heterocycles. The van der Waals surface area contributed by atoms with E-state index in [0.717, 1.165) is 4.90 Å². The maximum Gasteiger partial charge on any atom is 0.265 e. The Bertz CT molecular complexity index is 1060. The number of nitrogens with zero attached hydrogens (tertiary/aromatic N) is 2. The third kappa shape index (κ3) is 2.36. The largest absolute Gasteiger partial charge is 0.507 e. The summed E-state index contributed by atoms with van der Waals surface area (Å²) < 4.78 is 13.0. The van der Waals surface area contributed by atoms with Crippen LogP contribution in [0.1, 0.15) is 21.5 Å². The Morgan fingerprint density at radius 1 is 1.08 bits per heavy atom. The molecule has 7 heteroatoms. The molecule has 2 amide bonds. The van der Waals surface area contributed by atoms with Gasteiger partial charge in [0.2, 0.25) is 5.91 Å². The fraction of sp³-hybridized carbons (Fsp3) is 0.105. The lowest BCUT2D eigenvalue weighted by atomic mass is 9.93. The summed E-state index contributed by atoms with van der Waals surface area (Å²) in [6, 6.07) is 8.57. The molecule has 0 saturated carbocycles. The van der Waals surface area contributed by atoms with E-state index in [1.54, 1.807) is 12.1 Å². The van der Waals surface area contributed by atoms with E-state index in [1.165, 1.54) is 30.5 Å². The third-order valence-corrected chi connectivity index (χ3v) is 4.45. The van der Waals surface area contributed by atoms with E-state index in [0.29, 0.717) is 5.56 Å². The smallest absolute Gasteiger partial charge is 0.265 e. The molecule has 0 radical (unpaired) electrons. The molecular formula is C19H13FN2O4. The number of hydrogen-bond donors (Lipinski definition) is 2. The summed E-state index contributed by atoms with van der Waals surface area (Å²) in [6.07, 6.45) is 1.20. The second kappa shape index (κ2) is 5.80. The van der Waals surface area contributed by atoms with Gasteiger partial charge in [-0.05, 0) is 29.8 Å². The number of imide groups is 1. The fourth-order valence-corrected chi connectivity index (χ4v) is 3.16. The number of amides is 2. The summed E-state index contributed by atoms with van der Waals surface area (Å²) in [7, 11) is 0. The maximum atomic E-state index is 13.0. The first-order chi connectivity index (χ1) is 12.5. The monoisotopic (exact) mass is 352 g/mol. The lowest BCUT2D eigenvalue weighted by Gasteiger charge is -2.28. The minimum Gasteiger partial charge on any atom is -0.507 e. The number of phenols is 2. The van der Waals surface area contributed by atoms with Gasteiger partial charge in [-0.3, -0.25) is 19.5 Å². The molecule has 0 saturated heterocycles. The van der Waals surface area contributed by atoms with Crippen LogP contribution in [0.15, 0.2) is 42.6 Å². The van der Waals surface area contributed by atoms with Crippen LogP contribution in [-0.4, -0.2) is 31.9 Å². The summed E-state index contributed by atoms with van der Waals surface area (Å²) in [4.78, 5) is 30.3. The summed E-state index contributed by atoms with van der Waals surface area (Å²) >= 11 is 0. The number of phenolic OH excluding ortho intramolecular Hbond substituents is 2. The Hall–Kier alpha value is -3.48. The molecule has 0 aliphatic carbocycles. The van der Waals surface area contributed by atoms with Crippen molar-refractivity contribution in [3.05, 3.63) is 65.1 Å².